The predicted molar refractivity (Wildman–Crippen MR) is 127 cm³/mol. The molecule has 3 rings (SSSR count). The summed E-state index contributed by atoms with van der Waals surface area (Å²) in [6.07, 6.45) is 0.384. The number of anilines is 1. The Morgan fingerprint density at radius 1 is 1.03 bits per heavy atom. The normalized spacial score (nSPS) is 11.4. The van der Waals surface area contributed by atoms with Crippen LogP contribution in [0.25, 0.3) is 5.69 Å². The lowest BCUT2D eigenvalue weighted by atomic mass is 10.1. The van der Waals surface area contributed by atoms with Gasteiger partial charge in [0.1, 0.15) is 11.3 Å². The number of ether oxygens (including phenoxy) is 1. The van der Waals surface area contributed by atoms with E-state index in [1.807, 2.05) is 31.2 Å². The number of nitrogens with zero attached hydrogens (tertiary/aromatic N) is 3. The van der Waals surface area contributed by atoms with E-state index in [0.717, 1.165) is 23.3 Å². The molecule has 0 aliphatic rings. The average molecular weight is 437 g/mol. The first-order valence-corrected chi connectivity index (χ1v) is 10.6. The summed E-state index contributed by atoms with van der Waals surface area (Å²) >= 11 is 0. The summed E-state index contributed by atoms with van der Waals surface area (Å²) in [6.45, 7) is 7.82. The molecule has 168 valence electrons. The van der Waals surface area contributed by atoms with Gasteiger partial charge < -0.3 is 14.7 Å². The molecule has 0 radical (unpaired) electrons. The molecule has 1 aromatic heterocycles. The van der Waals surface area contributed by atoms with Crippen LogP contribution in [0.4, 0.5) is 11.4 Å². The average Bonchev–Trinajstić information content (AvgIpc) is 2.80. The Labute approximate surface area is 186 Å². The van der Waals surface area contributed by atoms with E-state index in [0.29, 0.717) is 29.3 Å². The summed E-state index contributed by atoms with van der Waals surface area (Å²) in [7, 11) is 1.54. The fraction of sp³-hybridized carbons (Fsp3) is 0.292. The van der Waals surface area contributed by atoms with Crippen molar-refractivity contribution in [1.29, 1.82) is 0 Å². The third-order valence-corrected chi connectivity index (χ3v) is 5.28. The van der Waals surface area contributed by atoms with Crippen LogP contribution in [0, 0.1) is 0 Å². The number of methoxy groups -OCH3 is 1. The zero-order valence-corrected chi connectivity index (χ0v) is 18.8. The SMILES string of the molecule is CCC(=Nc1ccc(N(CC)CC)cc1)c1c(O)n(-c2ccc(OC)cc2)c(=O)[nH]c1=O. The maximum absolute atomic E-state index is 12.6. The van der Waals surface area contributed by atoms with Crippen LogP contribution < -0.4 is 20.9 Å². The molecule has 0 fully saturated rings. The molecule has 0 amide bonds. The van der Waals surface area contributed by atoms with E-state index in [9.17, 15) is 14.7 Å². The summed E-state index contributed by atoms with van der Waals surface area (Å²) in [5.74, 6) is 0.152. The minimum Gasteiger partial charge on any atom is -0.497 e. The van der Waals surface area contributed by atoms with Crippen molar-refractivity contribution in [2.75, 3.05) is 25.1 Å². The monoisotopic (exact) mass is 436 g/mol. The second-order valence-corrected chi connectivity index (χ2v) is 7.09. The van der Waals surface area contributed by atoms with Gasteiger partial charge >= 0.3 is 5.69 Å². The molecule has 1 heterocycles. The van der Waals surface area contributed by atoms with Crippen LogP contribution in [0.3, 0.4) is 0 Å². The molecule has 8 nitrogen and oxygen atoms in total. The fourth-order valence-corrected chi connectivity index (χ4v) is 3.55. The summed E-state index contributed by atoms with van der Waals surface area (Å²) in [5, 5.41) is 10.9. The van der Waals surface area contributed by atoms with Gasteiger partial charge in [0.15, 0.2) is 0 Å². The highest BCUT2D eigenvalue weighted by Gasteiger charge is 2.19. The van der Waals surface area contributed by atoms with E-state index in [1.54, 1.807) is 24.3 Å². The number of aromatic nitrogens is 2. The lowest BCUT2D eigenvalue weighted by Crippen LogP contribution is -2.33. The van der Waals surface area contributed by atoms with Gasteiger partial charge in [-0.05, 0) is 68.8 Å². The number of H-pyrrole nitrogens is 1. The number of hydrogen-bond acceptors (Lipinski definition) is 6. The van der Waals surface area contributed by atoms with Crippen molar-refractivity contribution in [3.8, 4) is 17.3 Å². The Hall–Kier alpha value is -3.81. The van der Waals surface area contributed by atoms with Gasteiger partial charge in [0.05, 0.1) is 24.2 Å². The van der Waals surface area contributed by atoms with E-state index in [-0.39, 0.29) is 5.56 Å². The molecule has 0 bridgehead atoms. The summed E-state index contributed by atoms with van der Waals surface area (Å²) in [6, 6.07) is 14.3. The number of nitrogens with one attached hydrogen (secondary N) is 1. The fourth-order valence-electron chi connectivity index (χ4n) is 3.55. The zero-order chi connectivity index (χ0) is 23.3. The smallest absolute Gasteiger partial charge is 0.335 e. The first-order chi connectivity index (χ1) is 15.4. The number of aliphatic imine (C=N–C) groups is 1. The van der Waals surface area contributed by atoms with E-state index in [4.69, 9.17) is 4.74 Å². The van der Waals surface area contributed by atoms with Crippen LogP contribution in [0.5, 0.6) is 11.6 Å². The number of hydrogen-bond donors (Lipinski definition) is 2. The molecule has 0 unspecified atom stereocenters. The van der Waals surface area contributed by atoms with Gasteiger partial charge in [-0.3, -0.25) is 14.8 Å². The van der Waals surface area contributed by atoms with Gasteiger partial charge in [0, 0.05) is 18.8 Å². The maximum Gasteiger partial charge on any atom is 0.335 e. The first kappa shape index (κ1) is 22.9. The second-order valence-electron chi connectivity index (χ2n) is 7.09. The van der Waals surface area contributed by atoms with Gasteiger partial charge in [-0.15, -0.1) is 0 Å². The molecule has 8 heteroatoms. The highest BCUT2D eigenvalue weighted by atomic mass is 16.5. The minimum absolute atomic E-state index is 0.0317. The van der Waals surface area contributed by atoms with Crippen LogP contribution in [-0.2, 0) is 0 Å². The van der Waals surface area contributed by atoms with Crippen LogP contribution in [0.2, 0.25) is 0 Å². The Bertz CT molecular complexity index is 1200. The molecule has 0 atom stereocenters. The Morgan fingerprint density at radius 2 is 1.66 bits per heavy atom. The van der Waals surface area contributed by atoms with E-state index < -0.39 is 17.1 Å². The summed E-state index contributed by atoms with van der Waals surface area (Å²) in [5.41, 5.74) is 1.06. The van der Waals surface area contributed by atoms with Crippen LogP contribution in [-0.4, -0.2) is 40.6 Å². The van der Waals surface area contributed by atoms with Crippen molar-refractivity contribution in [2.45, 2.75) is 27.2 Å². The molecule has 3 aromatic rings. The van der Waals surface area contributed by atoms with Crippen molar-refractivity contribution in [1.82, 2.24) is 9.55 Å². The predicted octanol–water partition coefficient (Wildman–Crippen LogP) is 3.62. The molecule has 0 saturated carbocycles. The first-order valence-electron chi connectivity index (χ1n) is 10.6. The van der Waals surface area contributed by atoms with E-state index in [1.165, 1.54) is 7.11 Å². The Kier molecular flexibility index (Phi) is 7.14. The largest absolute Gasteiger partial charge is 0.497 e. The summed E-state index contributed by atoms with van der Waals surface area (Å²) < 4.78 is 6.18. The Morgan fingerprint density at radius 3 is 2.19 bits per heavy atom. The van der Waals surface area contributed by atoms with Crippen molar-refractivity contribution >= 4 is 17.1 Å². The number of aromatic amines is 1. The van der Waals surface area contributed by atoms with Crippen molar-refractivity contribution < 1.29 is 9.84 Å². The standard InChI is InChI=1S/C24H28N4O4/c1-5-20(25-16-8-10-17(11-9-16)27(6-2)7-3)21-22(29)26-24(31)28(23(21)30)18-12-14-19(32-4)15-13-18/h8-15,30H,5-7H2,1-4H3,(H,26,29,31). The molecule has 0 spiro atoms. The van der Waals surface area contributed by atoms with Gasteiger partial charge in [-0.25, -0.2) is 9.36 Å². The number of rotatable bonds is 8. The highest BCUT2D eigenvalue weighted by Crippen LogP contribution is 2.24. The third kappa shape index (κ3) is 4.59. The molecular formula is C24H28N4O4. The quantitative estimate of drug-likeness (QED) is 0.526. The van der Waals surface area contributed by atoms with Crippen molar-refractivity contribution in [3.63, 3.8) is 0 Å². The Balaban J connectivity index is 2.08. The van der Waals surface area contributed by atoms with Crippen molar-refractivity contribution in [2.24, 2.45) is 4.99 Å². The lowest BCUT2D eigenvalue weighted by Gasteiger charge is -2.20. The van der Waals surface area contributed by atoms with Crippen LogP contribution in [0.15, 0.2) is 63.1 Å². The van der Waals surface area contributed by atoms with Gasteiger partial charge in [-0.2, -0.15) is 0 Å². The van der Waals surface area contributed by atoms with Crippen LogP contribution in [0.1, 0.15) is 32.8 Å². The van der Waals surface area contributed by atoms with E-state index in [2.05, 4.69) is 28.7 Å². The topological polar surface area (TPSA) is 99.9 Å². The molecule has 2 N–H and O–H groups in total. The third-order valence-electron chi connectivity index (χ3n) is 5.28. The minimum atomic E-state index is -0.736. The van der Waals surface area contributed by atoms with Gasteiger partial charge in [0.25, 0.3) is 5.56 Å². The summed E-state index contributed by atoms with van der Waals surface area (Å²) in [4.78, 5) is 34.2. The van der Waals surface area contributed by atoms with Crippen molar-refractivity contribution in [3.05, 3.63) is 74.9 Å². The molecule has 0 aliphatic carbocycles. The van der Waals surface area contributed by atoms with Gasteiger partial charge in [0.2, 0.25) is 5.88 Å². The lowest BCUT2D eigenvalue weighted by molar-refractivity contribution is 0.414. The second kappa shape index (κ2) is 10.00. The maximum atomic E-state index is 12.6. The molecule has 2 aromatic carbocycles. The van der Waals surface area contributed by atoms with E-state index >= 15 is 0 Å². The number of aromatic hydroxyl groups is 1. The molecule has 32 heavy (non-hydrogen) atoms. The molecule has 0 aliphatic heterocycles. The molecular weight excluding hydrogens is 408 g/mol. The van der Waals surface area contributed by atoms with Gasteiger partial charge in [-0.1, -0.05) is 6.92 Å². The van der Waals surface area contributed by atoms with Crippen LogP contribution >= 0.6 is 0 Å². The zero-order valence-electron chi connectivity index (χ0n) is 18.8. The number of benzene rings is 2. The highest BCUT2D eigenvalue weighted by molar-refractivity contribution is 6.03. The molecule has 0 saturated heterocycles.